The van der Waals surface area contributed by atoms with Crippen LogP contribution in [0.4, 0.5) is 11.6 Å². The van der Waals surface area contributed by atoms with E-state index in [-0.39, 0.29) is 11.3 Å². The Bertz CT molecular complexity index is 1040. The number of nitriles is 1. The van der Waals surface area contributed by atoms with Crippen molar-refractivity contribution in [3.05, 3.63) is 76.0 Å². The van der Waals surface area contributed by atoms with Crippen molar-refractivity contribution in [3.63, 3.8) is 0 Å². The summed E-state index contributed by atoms with van der Waals surface area (Å²) < 4.78 is 4.93. The third-order valence-electron chi connectivity index (χ3n) is 3.45. The molecule has 0 atom stereocenters. The van der Waals surface area contributed by atoms with Crippen LogP contribution in [0.25, 0.3) is 16.8 Å². The molecule has 7 heteroatoms. The molecule has 0 spiro atoms. The van der Waals surface area contributed by atoms with E-state index in [9.17, 15) is 14.9 Å². The van der Waals surface area contributed by atoms with Gasteiger partial charge in [-0.15, -0.1) is 0 Å². The van der Waals surface area contributed by atoms with E-state index in [1.807, 2.05) is 30.3 Å². The van der Waals surface area contributed by atoms with Gasteiger partial charge in [-0.25, -0.2) is 0 Å². The van der Waals surface area contributed by atoms with Gasteiger partial charge in [-0.3, -0.25) is 14.9 Å². The molecule has 0 bridgehead atoms. The van der Waals surface area contributed by atoms with Crippen LogP contribution in [0.2, 0.25) is 0 Å². The molecule has 2 aromatic carbocycles. The Morgan fingerprint density at radius 3 is 2.60 bits per heavy atom. The lowest BCUT2D eigenvalue weighted by molar-refractivity contribution is -0.402. The second-order valence-corrected chi connectivity index (χ2v) is 5.12. The van der Waals surface area contributed by atoms with Gasteiger partial charge in [-0.05, 0) is 29.0 Å². The summed E-state index contributed by atoms with van der Waals surface area (Å²) in [5, 5.41) is 24.4. The highest BCUT2D eigenvalue weighted by Gasteiger charge is 2.14. The number of carbonyl (C=O) groups is 1. The lowest BCUT2D eigenvalue weighted by Crippen LogP contribution is -2.13. The number of amides is 1. The van der Waals surface area contributed by atoms with Crippen LogP contribution < -0.4 is 5.32 Å². The second-order valence-electron chi connectivity index (χ2n) is 5.12. The van der Waals surface area contributed by atoms with E-state index in [1.54, 1.807) is 18.2 Å². The molecule has 0 aliphatic heterocycles. The fraction of sp³-hybridized carbons (Fsp3) is 0. The SMILES string of the molecule is N#C/C(=C/c1ccc([N+](=O)[O-])o1)C(=O)Nc1ccc2ccccc2c1. The van der Waals surface area contributed by atoms with E-state index in [4.69, 9.17) is 9.68 Å². The molecule has 25 heavy (non-hydrogen) atoms. The number of nitrogens with one attached hydrogen (secondary N) is 1. The van der Waals surface area contributed by atoms with Gasteiger partial charge >= 0.3 is 5.88 Å². The van der Waals surface area contributed by atoms with Crippen LogP contribution in [0.15, 0.2) is 64.6 Å². The molecule has 0 radical (unpaired) electrons. The van der Waals surface area contributed by atoms with Crippen molar-refractivity contribution in [1.29, 1.82) is 5.26 Å². The van der Waals surface area contributed by atoms with E-state index in [1.165, 1.54) is 6.07 Å². The largest absolute Gasteiger partial charge is 0.433 e. The first kappa shape index (κ1) is 16.0. The van der Waals surface area contributed by atoms with Gasteiger partial charge in [0.1, 0.15) is 22.3 Å². The predicted molar refractivity (Wildman–Crippen MR) is 91.5 cm³/mol. The Balaban J connectivity index is 1.82. The van der Waals surface area contributed by atoms with Gasteiger partial charge in [0, 0.05) is 11.8 Å². The molecule has 1 amide bonds. The van der Waals surface area contributed by atoms with E-state index in [2.05, 4.69) is 5.32 Å². The smallest absolute Gasteiger partial charge is 0.401 e. The van der Waals surface area contributed by atoms with Gasteiger partial charge in [-0.2, -0.15) is 5.26 Å². The molecule has 0 aliphatic rings. The van der Waals surface area contributed by atoms with Crippen molar-refractivity contribution in [3.8, 4) is 6.07 Å². The van der Waals surface area contributed by atoms with Gasteiger partial charge in [0.05, 0.1) is 6.07 Å². The monoisotopic (exact) mass is 333 g/mol. The quantitative estimate of drug-likeness (QED) is 0.337. The van der Waals surface area contributed by atoms with Crippen molar-refractivity contribution >= 4 is 34.3 Å². The molecule has 7 nitrogen and oxygen atoms in total. The molecule has 3 aromatic rings. The molecule has 0 saturated carbocycles. The molecule has 1 N–H and O–H groups in total. The van der Waals surface area contributed by atoms with Crippen LogP contribution in [0.5, 0.6) is 0 Å². The van der Waals surface area contributed by atoms with Gasteiger partial charge in [-0.1, -0.05) is 30.3 Å². The first-order valence-corrected chi connectivity index (χ1v) is 7.23. The minimum absolute atomic E-state index is 0.0527. The molecular weight excluding hydrogens is 322 g/mol. The van der Waals surface area contributed by atoms with Gasteiger partial charge in [0.2, 0.25) is 0 Å². The first-order chi connectivity index (χ1) is 12.1. The highest BCUT2D eigenvalue weighted by molar-refractivity contribution is 6.10. The minimum Gasteiger partial charge on any atom is -0.401 e. The molecule has 122 valence electrons. The summed E-state index contributed by atoms with van der Waals surface area (Å²) in [5.74, 6) is -1.03. The topological polar surface area (TPSA) is 109 Å². The fourth-order valence-electron chi connectivity index (χ4n) is 2.27. The third kappa shape index (κ3) is 3.54. The van der Waals surface area contributed by atoms with E-state index >= 15 is 0 Å². The zero-order chi connectivity index (χ0) is 17.8. The summed E-state index contributed by atoms with van der Waals surface area (Å²) >= 11 is 0. The molecule has 0 aliphatic carbocycles. The number of carbonyl (C=O) groups excluding carboxylic acids is 1. The Labute approximate surface area is 141 Å². The number of hydrogen-bond donors (Lipinski definition) is 1. The van der Waals surface area contributed by atoms with Crippen LogP contribution in [-0.4, -0.2) is 10.8 Å². The third-order valence-corrected chi connectivity index (χ3v) is 3.45. The van der Waals surface area contributed by atoms with Crippen LogP contribution in [-0.2, 0) is 4.79 Å². The number of nitrogens with zero attached hydrogens (tertiary/aromatic N) is 2. The average molecular weight is 333 g/mol. The Hall–Kier alpha value is -3.92. The maximum atomic E-state index is 12.2. The number of fused-ring (bicyclic) bond motifs is 1. The predicted octanol–water partition coefficient (Wildman–Crippen LogP) is 3.89. The molecule has 3 rings (SSSR count). The lowest BCUT2D eigenvalue weighted by atomic mass is 10.1. The zero-order valence-electron chi connectivity index (χ0n) is 12.8. The van der Waals surface area contributed by atoms with Gasteiger partial charge in [0.15, 0.2) is 0 Å². The van der Waals surface area contributed by atoms with Crippen LogP contribution in [0.1, 0.15) is 5.76 Å². The average Bonchev–Trinajstić information content (AvgIpc) is 3.08. The first-order valence-electron chi connectivity index (χ1n) is 7.23. The van der Waals surface area contributed by atoms with E-state index in [0.29, 0.717) is 5.69 Å². The Morgan fingerprint density at radius 2 is 1.92 bits per heavy atom. The maximum Gasteiger partial charge on any atom is 0.433 e. The van der Waals surface area contributed by atoms with Crippen molar-refractivity contribution in [2.45, 2.75) is 0 Å². The summed E-state index contributed by atoms with van der Waals surface area (Å²) in [5.41, 5.74) is 0.313. The van der Waals surface area contributed by atoms with Crippen molar-refractivity contribution in [1.82, 2.24) is 0 Å². The van der Waals surface area contributed by atoms with E-state index in [0.717, 1.165) is 22.9 Å². The number of furan rings is 1. The van der Waals surface area contributed by atoms with Gasteiger partial charge in [0.25, 0.3) is 5.91 Å². The zero-order valence-corrected chi connectivity index (χ0v) is 12.8. The number of benzene rings is 2. The second kappa shape index (κ2) is 6.68. The molecule has 0 unspecified atom stereocenters. The van der Waals surface area contributed by atoms with Crippen molar-refractivity contribution in [2.75, 3.05) is 5.32 Å². The lowest BCUT2D eigenvalue weighted by Gasteiger charge is -2.05. The van der Waals surface area contributed by atoms with E-state index < -0.39 is 16.7 Å². The summed E-state index contributed by atoms with van der Waals surface area (Å²) in [4.78, 5) is 22.2. The highest BCUT2D eigenvalue weighted by atomic mass is 16.6. The van der Waals surface area contributed by atoms with Crippen molar-refractivity contribution < 1.29 is 14.1 Å². The summed E-state index contributed by atoms with van der Waals surface area (Å²) in [6.45, 7) is 0. The molecular formula is C18H11N3O4. The minimum atomic E-state index is -0.696. The molecule has 1 aromatic heterocycles. The molecule has 0 saturated heterocycles. The maximum absolute atomic E-state index is 12.2. The molecule has 0 fully saturated rings. The number of rotatable bonds is 4. The van der Waals surface area contributed by atoms with Gasteiger partial charge < -0.3 is 9.73 Å². The number of anilines is 1. The highest BCUT2D eigenvalue weighted by Crippen LogP contribution is 2.21. The van der Waals surface area contributed by atoms with Crippen molar-refractivity contribution in [2.24, 2.45) is 0 Å². The number of nitro groups is 1. The fourth-order valence-corrected chi connectivity index (χ4v) is 2.27. The van der Waals surface area contributed by atoms with Crippen LogP contribution in [0.3, 0.4) is 0 Å². The van der Waals surface area contributed by atoms with Crippen LogP contribution in [0, 0.1) is 21.4 Å². The summed E-state index contributed by atoms with van der Waals surface area (Å²) in [6, 6.07) is 17.3. The summed E-state index contributed by atoms with van der Waals surface area (Å²) in [7, 11) is 0. The Kier molecular flexibility index (Phi) is 4.26. The van der Waals surface area contributed by atoms with Crippen LogP contribution >= 0.6 is 0 Å². The number of hydrogen-bond acceptors (Lipinski definition) is 5. The molecule has 1 heterocycles. The summed E-state index contributed by atoms with van der Waals surface area (Å²) in [6.07, 6.45) is 1.16. The Morgan fingerprint density at radius 1 is 1.16 bits per heavy atom. The normalized spacial score (nSPS) is 11.1. The standard InChI is InChI=1S/C18H11N3O4/c19-11-14(10-16-7-8-17(25-16)21(23)24)18(22)20-15-6-5-12-3-1-2-4-13(12)9-15/h1-10H,(H,20,22)/b14-10-.